The van der Waals surface area contributed by atoms with E-state index in [1.807, 2.05) is 5.01 Å². The zero-order valence-corrected chi connectivity index (χ0v) is 6.71. The molecule has 1 aliphatic rings. The van der Waals surface area contributed by atoms with E-state index in [9.17, 15) is 4.79 Å². The summed E-state index contributed by atoms with van der Waals surface area (Å²) in [5.41, 5.74) is 2.62. The number of aliphatic hydroxyl groups excluding tert-OH is 1. The molecule has 1 saturated heterocycles. The number of hydrazine groups is 1. The molecule has 1 atom stereocenters. The van der Waals surface area contributed by atoms with Crippen LogP contribution >= 0.6 is 0 Å². The van der Waals surface area contributed by atoms with E-state index in [1.165, 1.54) is 6.92 Å². The molecule has 0 aromatic heterocycles. The van der Waals surface area contributed by atoms with Crippen molar-refractivity contribution in [2.75, 3.05) is 13.1 Å². The van der Waals surface area contributed by atoms with Gasteiger partial charge in [0, 0.05) is 13.1 Å². The van der Waals surface area contributed by atoms with Crippen molar-refractivity contribution < 1.29 is 9.90 Å². The average Bonchev–Trinajstić information content (AvgIpc) is 2.39. The molecule has 0 aromatic rings. The topological polar surface area (TPSA) is 52.6 Å². The molecule has 1 heterocycles. The number of hydrogen-bond acceptors (Lipinski definition) is 3. The third-order valence-electron chi connectivity index (χ3n) is 1.75. The molecule has 1 aliphatic heterocycles. The van der Waals surface area contributed by atoms with Crippen molar-refractivity contribution in [3.8, 4) is 0 Å². The summed E-state index contributed by atoms with van der Waals surface area (Å²) in [5, 5.41) is 10.7. The fraction of sp³-hybridized carbons (Fsp3) is 0.857. The highest BCUT2D eigenvalue weighted by molar-refractivity contribution is 5.79. The summed E-state index contributed by atoms with van der Waals surface area (Å²) >= 11 is 0. The number of nitrogens with zero attached hydrogens (tertiary/aromatic N) is 1. The fourth-order valence-corrected chi connectivity index (χ4v) is 1.08. The predicted molar refractivity (Wildman–Crippen MR) is 40.6 cm³/mol. The van der Waals surface area contributed by atoms with Crippen molar-refractivity contribution in [2.24, 2.45) is 0 Å². The highest BCUT2D eigenvalue weighted by Crippen LogP contribution is 2.03. The minimum absolute atomic E-state index is 0.313. The Morgan fingerprint density at radius 2 is 2.09 bits per heavy atom. The number of nitrogens with one attached hydrogen (secondary N) is 1. The second-order valence-corrected chi connectivity index (χ2v) is 2.85. The molecule has 1 fully saturated rings. The molecule has 0 bridgehead atoms. The first-order chi connectivity index (χ1) is 5.20. The molecule has 0 spiro atoms. The van der Waals surface area contributed by atoms with Crippen LogP contribution < -0.4 is 5.43 Å². The highest BCUT2D eigenvalue weighted by atomic mass is 16.3. The van der Waals surface area contributed by atoms with Gasteiger partial charge in [-0.15, -0.1) is 0 Å². The Hall–Kier alpha value is -0.610. The molecule has 11 heavy (non-hydrogen) atoms. The largest absolute Gasteiger partial charge is 0.384 e. The van der Waals surface area contributed by atoms with Gasteiger partial charge in [-0.05, 0) is 19.8 Å². The van der Waals surface area contributed by atoms with Crippen LogP contribution in [0.3, 0.4) is 0 Å². The Bertz CT molecular complexity index is 141. The maximum atomic E-state index is 10.9. The molecule has 0 saturated carbocycles. The Balaban J connectivity index is 2.24. The van der Waals surface area contributed by atoms with E-state index >= 15 is 0 Å². The third kappa shape index (κ3) is 2.48. The number of aliphatic hydroxyl groups is 1. The Morgan fingerprint density at radius 1 is 1.55 bits per heavy atom. The maximum Gasteiger partial charge on any atom is 0.262 e. The SMILES string of the molecule is CC(O)C(=O)NN1CCCC1. The van der Waals surface area contributed by atoms with Gasteiger partial charge in [-0.3, -0.25) is 10.2 Å². The van der Waals surface area contributed by atoms with Crippen molar-refractivity contribution in [1.82, 2.24) is 10.4 Å². The normalized spacial score (nSPS) is 21.6. The minimum atomic E-state index is -0.907. The van der Waals surface area contributed by atoms with E-state index in [2.05, 4.69) is 5.43 Å². The van der Waals surface area contributed by atoms with Gasteiger partial charge in [0.1, 0.15) is 6.10 Å². The summed E-state index contributed by atoms with van der Waals surface area (Å²) in [6.07, 6.45) is 1.34. The minimum Gasteiger partial charge on any atom is -0.384 e. The molecule has 1 amide bonds. The average molecular weight is 158 g/mol. The molecule has 0 radical (unpaired) electrons. The van der Waals surface area contributed by atoms with Crippen molar-refractivity contribution in [3.05, 3.63) is 0 Å². The number of amides is 1. The van der Waals surface area contributed by atoms with Crippen LogP contribution in [0.1, 0.15) is 19.8 Å². The van der Waals surface area contributed by atoms with Crippen molar-refractivity contribution >= 4 is 5.91 Å². The van der Waals surface area contributed by atoms with Crippen LogP contribution in [-0.4, -0.2) is 35.2 Å². The molecule has 64 valence electrons. The van der Waals surface area contributed by atoms with Gasteiger partial charge in [-0.2, -0.15) is 0 Å². The standard InChI is InChI=1S/C7H14N2O2/c1-6(10)7(11)8-9-4-2-3-5-9/h6,10H,2-5H2,1H3,(H,8,11). The number of carbonyl (C=O) groups excluding carboxylic acids is 1. The highest BCUT2D eigenvalue weighted by Gasteiger charge is 2.16. The number of rotatable bonds is 2. The number of carbonyl (C=O) groups is 1. The molecular formula is C7H14N2O2. The maximum absolute atomic E-state index is 10.9. The van der Waals surface area contributed by atoms with Gasteiger partial charge >= 0.3 is 0 Å². The lowest BCUT2D eigenvalue weighted by Crippen LogP contribution is -2.44. The van der Waals surface area contributed by atoms with E-state index < -0.39 is 6.10 Å². The van der Waals surface area contributed by atoms with E-state index in [0.717, 1.165) is 25.9 Å². The zero-order valence-electron chi connectivity index (χ0n) is 6.71. The molecule has 0 aromatic carbocycles. The summed E-state index contributed by atoms with van der Waals surface area (Å²) < 4.78 is 0. The lowest BCUT2D eigenvalue weighted by molar-refractivity contribution is -0.133. The van der Waals surface area contributed by atoms with Crippen LogP contribution in [-0.2, 0) is 4.79 Å². The van der Waals surface area contributed by atoms with Gasteiger partial charge in [0.2, 0.25) is 0 Å². The van der Waals surface area contributed by atoms with E-state index in [0.29, 0.717) is 0 Å². The first-order valence-corrected chi connectivity index (χ1v) is 3.93. The van der Waals surface area contributed by atoms with E-state index in [4.69, 9.17) is 5.11 Å². The van der Waals surface area contributed by atoms with Crippen molar-refractivity contribution in [1.29, 1.82) is 0 Å². The second kappa shape index (κ2) is 3.69. The summed E-state index contributed by atoms with van der Waals surface area (Å²) in [7, 11) is 0. The van der Waals surface area contributed by atoms with Gasteiger partial charge in [0.15, 0.2) is 0 Å². The Morgan fingerprint density at radius 3 is 2.55 bits per heavy atom. The molecule has 1 rings (SSSR count). The monoisotopic (exact) mass is 158 g/mol. The van der Waals surface area contributed by atoms with E-state index in [-0.39, 0.29) is 5.91 Å². The van der Waals surface area contributed by atoms with Crippen molar-refractivity contribution in [2.45, 2.75) is 25.9 Å². The predicted octanol–water partition coefficient (Wildman–Crippen LogP) is -0.506. The van der Waals surface area contributed by atoms with Crippen LogP contribution in [0, 0.1) is 0 Å². The Kier molecular flexibility index (Phi) is 2.84. The van der Waals surface area contributed by atoms with Crippen LogP contribution in [0.15, 0.2) is 0 Å². The van der Waals surface area contributed by atoms with Gasteiger partial charge in [-0.25, -0.2) is 5.01 Å². The fourth-order valence-electron chi connectivity index (χ4n) is 1.08. The Labute approximate surface area is 66.2 Å². The third-order valence-corrected chi connectivity index (χ3v) is 1.75. The first-order valence-electron chi connectivity index (χ1n) is 3.93. The summed E-state index contributed by atoms with van der Waals surface area (Å²) in [6, 6.07) is 0. The van der Waals surface area contributed by atoms with E-state index in [1.54, 1.807) is 0 Å². The van der Waals surface area contributed by atoms with Gasteiger partial charge in [0.05, 0.1) is 0 Å². The molecular weight excluding hydrogens is 144 g/mol. The molecule has 4 nitrogen and oxygen atoms in total. The van der Waals surface area contributed by atoms with Crippen LogP contribution in [0.2, 0.25) is 0 Å². The molecule has 0 aliphatic carbocycles. The van der Waals surface area contributed by atoms with Gasteiger partial charge in [0.25, 0.3) is 5.91 Å². The second-order valence-electron chi connectivity index (χ2n) is 2.85. The summed E-state index contributed by atoms with van der Waals surface area (Å²) in [6.45, 7) is 3.27. The summed E-state index contributed by atoms with van der Waals surface area (Å²) in [5.74, 6) is -0.313. The quantitative estimate of drug-likeness (QED) is 0.569. The van der Waals surface area contributed by atoms with Crippen molar-refractivity contribution in [3.63, 3.8) is 0 Å². The van der Waals surface area contributed by atoms with Crippen LogP contribution in [0.25, 0.3) is 0 Å². The molecule has 4 heteroatoms. The van der Waals surface area contributed by atoms with Gasteiger partial charge < -0.3 is 5.11 Å². The lowest BCUT2D eigenvalue weighted by Gasteiger charge is -2.16. The van der Waals surface area contributed by atoms with Gasteiger partial charge in [-0.1, -0.05) is 0 Å². The van der Waals surface area contributed by atoms with Crippen LogP contribution in [0.4, 0.5) is 0 Å². The lowest BCUT2D eigenvalue weighted by atomic mass is 10.4. The first kappa shape index (κ1) is 8.49. The summed E-state index contributed by atoms with van der Waals surface area (Å²) in [4.78, 5) is 10.9. The smallest absolute Gasteiger partial charge is 0.262 e. The zero-order chi connectivity index (χ0) is 8.27. The molecule has 2 N–H and O–H groups in total. The van der Waals surface area contributed by atoms with Crippen LogP contribution in [0.5, 0.6) is 0 Å². The number of hydrogen-bond donors (Lipinski definition) is 2. The molecule has 1 unspecified atom stereocenters.